The normalized spacial score (nSPS) is 22.6. The number of hydrogen-bond acceptors (Lipinski definition) is 3. The van der Waals surface area contributed by atoms with Gasteiger partial charge < -0.3 is 16.4 Å². The average Bonchev–Trinajstić information content (AvgIpc) is 2.51. The molecular weight excluding hydrogens is 186 g/mol. The minimum absolute atomic E-state index is 0.0797. The number of carbonyl (C=O) groups is 3. The van der Waals surface area contributed by atoms with Crippen molar-refractivity contribution >= 4 is 18.2 Å². The van der Waals surface area contributed by atoms with E-state index in [4.69, 9.17) is 5.73 Å². The first-order valence-electron chi connectivity index (χ1n) is 4.42. The van der Waals surface area contributed by atoms with E-state index < -0.39 is 11.9 Å². The van der Waals surface area contributed by atoms with Gasteiger partial charge >= 0.3 is 0 Å². The monoisotopic (exact) mass is 199 g/mol. The molecule has 1 unspecified atom stereocenters. The third-order valence-corrected chi connectivity index (χ3v) is 2.30. The van der Waals surface area contributed by atoms with Crippen molar-refractivity contribution in [2.45, 2.75) is 18.9 Å². The van der Waals surface area contributed by atoms with E-state index in [2.05, 4.69) is 10.6 Å². The molecule has 1 aliphatic rings. The Balaban J connectivity index is 2.49. The van der Waals surface area contributed by atoms with Crippen molar-refractivity contribution < 1.29 is 14.4 Å². The third kappa shape index (κ3) is 2.45. The molecule has 78 valence electrons. The summed E-state index contributed by atoms with van der Waals surface area (Å²) < 4.78 is 0. The summed E-state index contributed by atoms with van der Waals surface area (Å²) in [6.45, 7) is 0.621. The molecule has 1 saturated heterocycles. The molecule has 1 aliphatic heterocycles. The highest BCUT2D eigenvalue weighted by molar-refractivity contribution is 5.85. The summed E-state index contributed by atoms with van der Waals surface area (Å²) in [5.41, 5.74) is 5.05. The Morgan fingerprint density at radius 3 is 2.93 bits per heavy atom. The highest BCUT2D eigenvalue weighted by Gasteiger charge is 2.28. The van der Waals surface area contributed by atoms with Crippen LogP contribution in [0.2, 0.25) is 0 Å². The van der Waals surface area contributed by atoms with Crippen LogP contribution in [0.1, 0.15) is 12.8 Å². The number of nitrogens with one attached hydrogen (secondary N) is 2. The Labute approximate surface area is 81.2 Å². The molecule has 6 nitrogen and oxygen atoms in total. The Bertz CT molecular complexity index is 254. The number of nitrogens with two attached hydrogens (primary N) is 1. The first-order valence-corrected chi connectivity index (χ1v) is 4.42. The fraction of sp³-hybridized carbons (Fsp3) is 0.625. The molecule has 1 fully saturated rings. The van der Waals surface area contributed by atoms with Crippen LogP contribution in [-0.2, 0) is 14.4 Å². The van der Waals surface area contributed by atoms with Crippen LogP contribution in [0.4, 0.5) is 0 Å². The van der Waals surface area contributed by atoms with Crippen LogP contribution in [0.3, 0.4) is 0 Å². The van der Waals surface area contributed by atoms with Gasteiger partial charge in [0.05, 0.1) is 0 Å². The van der Waals surface area contributed by atoms with Crippen LogP contribution >= 0.6 is 0 Å². The van der Waals surface area contributed by atoms with Gasteiger partial charge in [0.2, 0.25) is 18.2 Å². The summed E-state index contributed by atoms with van der Waals surface area (Å²) >= 11 is 0. The zero-order valence-electron chi connectivity index (χ0n) is 7.66. The topological polar surface area (TPSA) is 101 Å². The summed E-state index contributed by atoms with van der Waals surface area (Å²) in [6, 6.07) is -0.749. The van der Waals surface area contributed by atoms with Gasteiger partial charge in [-0.2, -0.15) is 0 Å². The minimum Gasteiger partial charge on any atom is -0.368 e. The van der Waals surface area contributed by atoms with Gasteiger partial charge in [-0.3, -0.25) is 14.4 Å². The van der Waals surface area contributed by atoms with Gasteiger partial charge in [0, 0.05) is 12.5 Å². The summed E-state index contributed by atoms with van der Waals surface area (Å²) in [4.78, 5) is 32.2. The molecule has 3 amide bonds. The fourth-order valence-electron chi connectivity index (χ4n) is 1.50. The van der Waals surface area contributed by atoms with Crippen molar-refractivity contribution in [3.05, 3.63) is 0 Å². The lowest BCUT2D eigenvalue weighted by Crippen LogP contribution is -2.42. The van der Waals surface area contributed by atoms with Gasteiger partial charge in [0.25, 0.3) is 0 Å². The Morgan fingerprint density at radius 1 is 1.79 bits per heavy atom. The first-order chi connectivity index (χ1) is 6.65. The predicted octanol–water partition coefficient (Wildman–Crippen LogP) is -1.89. The zero-order valence-corrected chi connectivity index (χ0v) is 7.66. The second-order valence-corrected chi connectivity index (χ2v) is 3.25. The van der Waals surface area contributed by atoms with Crippen LogP contribution in [0.5, 0.6) is 0 Å². The van der Waals surface area contributed by atoms with Crippen LogP contribution in [-0.4, -0.2) is 30.8 Å². The SMILES string of the molecule is NC(=O)[C@H](CC1CCNC1=O)NC=O. The Kier molecular flexibility index (Phi) is 3.44. The molecular formula is C8H13N3O3. The molecule has 0 radical (unpaired) electrons. The average molecular weight is 199 g/mol. The molecule has 0 saturated carbocycles. The van der Waals surface area contributed by atoms with E-state index in [1.54, 1.807) is 0 Å². The van der Waals surface area contributed by atoms with Crippen molar-refractivity contribution in [1.82, 2.24) is 10.6 Å². The summed E-state index contributed by atoms with van der Waals surface area (Å²) in [5, 5.41) is 4.94. The molecule has 0 aliphatic carbocycles. The first kappa shape index (κ1) is 10.5. The maximum atomic E-state index is 11.2. The molecule has 0 bridgehead atoms. The number of hydrogen-bond donors (Lipinski definition) is 3. The van der Waals surface area contributed by atoms with Crippen molar-refractivity contribution in [3.63, 3.8) is 0 Å². The maximum absolute atomic E-state index is 11.2. The van der Waals surface area contributed by atoms with Gasteiger partial charge in [-0.1, -0.05) is 0 Å². The maximum Gasteiger partial charge on any atom is 0.240 e. The van der Waals surface area contributed by atoms with E-state index in [0.29, 0.717) is 19.4 Å². The van der Waals surface area contributed by atoms with Gasteiger partial charge in [-0.05, 0) is 12.8 Å². The fourth-order valence-corrected chi connectivity index (χ4v) is 1.50. The molecule has 0 aromatic carbocycles. The van der Waals surface area contributed by atoms with Crippen LogP contribution in [0, 0.1) is 5.92 Å². The summed E-state index contributed by atoms with van der Waals surface area (Å²) in [6.07, 6.45) is 1.38. The third-order valence-electron chi connectivity index (χ3n) is 2.30. The number of carbonyl (C=O) groups excluding carboxylic acids is 3. The van der Waals surface area contributed by atoms with Crippen molar-refractivity contribution in [2.75, 3.05) is 6.54 Å². The van der Waals surface area contributed by atoms with Gasteiger partial charge in [-0.25, -0.2) is 0 Å². The van der Waals surface area contributed by atoms with Crippen molar-refractivity contribution in [3.8, 4) is 0 Å². The lowest BCUT2D eigenvalue weighted by Gasteiger charge is -2.14. The van der Waals surface area contributed by atoms with E-state index in [0.717, 1.165) is 0 Å². The smallest absolute Gasteiger partial charge is 0.240 e. The molecule has 1 heterocycles. The van der Waals surface area contributed by atoms with Crippen molar-refractivity contribution in [2.24, 2.45) is 11.7 Å². The van der Waals surface area contributed by atoms with E-state index in [1.165, 1.54) is 0 Å². The van der Waals surface area contributed by atoms with E-state index in [1.807, 2.05) is 0 Å². The highest BCUT2D eigenvalue weighted by atomic mass is 16.2. The standard InChI is InChI=1S/C8H13N3O3/c9-7(13)6(11-4-12)3-5-1-2-10-8(5)14/h4-6H,1-3H2,(H2,9,13)(H,10,14)(H,11,12)/t5?,6-/m0/s1. The molecule has 2 atom stereocenters. The Morgan fingerprint density at radius 2 is 2.50 bits per heavy atom. The predicted molar refractivity (Wildman–Crippen MR) is 47.9 cm³/mol. The van der Waals surface area contributed by atoms with E-state index in [9.17, 15) is 14.4 Å². The van der Waals surface area contributed by atoms with E-state index in [-0.39, 0.29) is 18.2 Å². The minimum atomic E-state index is -0.749. The molecule has 0 aromatic rings. The molecule has 14 heavy (non-hydrogen) atoms. The molecule has 6 heteroatoms. The van der Waals surface area contributed by atoms with Gasteiger partial charge in [0.15, 0.2) is 0 Å². The number of primary amides is 1. The molecule has 0 aromatic heterocycles. The largest absolute Gasteiger partial charge is 0.368 e. The molecule has 0 spiro atoms. The van der Waals surface area contributed by atoms with Crippen LogP contribution < -0.4 is 16.4 Å². The lowest BCUT2D eigenvalue weighted by molar-refractivity contribution is -0.125. The zero-order chi connectivity index (χ0) is 10.6. The number of amides is 3. The Hall–Kier alpha value is -1.59. The van der Waals surface area contributed by atoms with Gasteiger partial charge in [0.1, 0.15) is 6.04 Å². The van der Waals surface area contributed by atoms with Crippen LogP contribution in [0.25, 0.3) is 0 Å². The van der Waals surface area contributed by atoms with E-state index >= 15 is 0 Å². The quantitative estimate of drug-likeness (QED) is 0.451. The summed E-state index contributed by atoms with van der Waals surface area (Å²) in [5.74, 6) is -0.916. The second kappa shape index (κ2) is 4.59. The highest BCUT2D eigenvalue weighted by Crippen LogP contribution is 2.15. The second-order valence-electron chi connectivity index (χ2n) is 3.25. The van der Waals surface area contributed by atoms with Crippen molar-refractivity contribution in [1.29, 1.82) is 0 Å². The molecule has 1 rings (SSSR count). The lowest BCUT2D eigenvalue weighted by atomic mass is 9.98. The summed E-state index contributed by atoms with van der Waals surface area (Å²) in [7, 11) is 0. The number of rotatable bonds is 5. The van der Waals surface area contributed by atoms with Gasteiger partial charge in [-0.15, -0.1) is 0 Å². The molecule has 4 N–H and O–H groups in total. The van der Waals surface area contributed by atoms with Crippen LogP contribution in [0.15, 0.2) is 0 Å².